The second-order valence-corrected chi connectivity index (χ2v) is 14.0. The predicted octanol–water partition coefficient (Wildman–Crippen LogP) is 9.25. The van der Waals surface area contributed by atoms with Crippen LogP contribution in [-0.4, -0.2) is 27.9 Å². The number of hydrogen-bond acceptors (Lipinski definition) is 4. The van der Waals surface area contributed by atoms with Crippen molar-refractivity contribution in [3.05, 3.63) is 60.2 Å². The number of aromatic nitrogens is 1. The second kappa shape index (κ2) is 15.2. The summed E-state index contributed by atoms with van der Waals surface area (Å²) in [5, 5.41) is 8.87. The van der Waals surface area contributed by atoms with Gasteiger partial charge in [-0.05, 0) is 85.1 Å². The van der Waals surface area contributed by atoms with Gasteiger partial charge in [-0.3, -0.25) is 0 Å². The normalized spacial score (nSPS) is 19.8. The number of aryl methyl sites for hydroxylation is 1. The first-order valence-electron chi connectivity index (χ1n) is 15.7. The molecule has 1 heterocycles. The number of nitrogens with one attached hydrogen (secondary N) is 3. The molecular weight excluding hydrogens is 559 g/mol. The molecule has 2 aromatic carbocycles. The Balaban J connectivity index is 1.27. The van der Waals surface area contributed by atoms with E-state index < -0.39 is 0 Å². The Kier molecular flexibility index (Phi) is 11.7. The highest BCUT2D eigenvalue weighted by Gasteiger charge is 2.41. The van der Waals surface area contributed by atoms with Crippen molar-refractivity contribution in [1.82, 2.24) is 15.6 Å². The Morgan fingerprint density at radius 3 is 2.38 bits per heavy atom. The smallest absolute Gasteiger partial charge is 0.263 e. The van der Waals surface area contributed by atoms with E-state index in [0.29, 0.717) is 16.2 Å². The summed E-state index contributed by atoms with van der Waals surface area (Å²) in [5.74, 6) is 1.53. The molecule has 0 aliphatic heterocycles. The van der Waals surface area contributed by atoms with Gasteiger partial charge in [0.1, 0.15) is 5.75 Å². The summed E-state index contributed by atoms with van der Waals surface area (Å²) in [6, 6.07) is 18.6. The quantitative estimate of drug-likeness (QED) is 0.133. The lowest BCUT2D eigenvalue weighted by Crippen LogP contribution is -2.51. The first kappa shape index (κ1) is 32.3. The molecule has 0 saturated heterocycles. The zero-order valence-corrected chi connectivity index (χ0v) is 27.5. The number of fused-ring (bicyclic) bond motifs is 1. The first-order chi connectivity index (χ1) is 20.1. The van der Waals surface area contributed by atoms with E-state index in [0.717, 1.165) is 48.9 Å². The summed E-state index contributed by atoms with van der Waals surface area (Å²) >= 11 is 11.3. The van der Waals surface area contributed by atoms with Crippen molar-refractivity contribution < 1.29 is 9.47 Å². The number of H-pyrrole nitrogens is 1. The van der Waals surface area contributed by atoms with E-state index in [9.17, 15) is 0 Å². The van der Waals surface area contributed by atoms with Crippen LogP contribution in [0, 0.1) is 10.8 Å². The molecule has 5 nitrogen and oxygen atoms in total. The number of ether oxygens (including phenoxy) is 2. The molecule has 4 rings (SSSR count). The monoisotopic (exact) mass is 607 g/mol. The van der Waals surface area contributed by atoms with Crippen LogP contribution in [0.5, 0.6) is 11.6 Å². The van der Waals surface area contributed by atoms with Crippen molar-refractivity contribution in [3.8, 4) is 11.6 Å². The molecule has 1 saturated carbocycles. The third-order valence-corrected chi connectivity index (χ3v) is 8.79. The minimum absolute atomic E-state index is 0.0118. The fourth-order valence-corrected chi connectivity index (χ4v) is 7.19. The van der Waals surface area contributed by atoms with Crippen molar-refractivity contribution in [2.75, 3.05) is 6.54 Å². The van der Waals surface area contributed by atoms with E-state index in [1.807, 2.05) is 36.4 Å². The molecule has 0 radical (unpaired) electrons. The Morgan fingerprint density at radius 1 is 0.881 bits per heavy atom. The number of unbranched alkanes of at least 4 members (excludes halogenated alkanes) is 6. The maximum Gasteiger partial charge on any atom is 0.263 e. The molecule has 1 aliphatic carbocycles. The van der Waals surface area contributed by atoms with Crippen molar-refractivity contribution in [3.63, 3.8) is 0 Å². The summed E-state index contributed by atoms with van der Waals surface area (Å²) in [4.78, 5) is 3.27. The van der Waals surface area contributed by atoms with Crippen LogP contribution in [0.1, 0.15) is 97.5 Å². The molecule has 2 atom stereocenters. The zero-order valence-electron chi connectivity index (χ0n) is 25.9. The number of aromatic amines is 1. The van der Waals surface area contributed by atoms with Crippen molar-refractivity contribution >= 4 is 45.7 Å². The Bertz CT molecular complexity index is 1290. The van der Waals surface area contributed by atoms with E-state index >= 15 is 0 Å². The average molecular weight is 608 g/mol. The summed E-state index contributed by atoms with van der Waals surface area (Å²) in [6.07, 6.45) is 13.2. The average Bonchev–Trinajstić information content (AvgIpc) is 3.33. The van der Waals surface area contributed by atoms with Crippen LogP contribution in [0.3, 0.4) is 0 Å². The SMILES string of the molecule is CCCCCCCCCc1ccccc1OC(=S)NC1CC(C)(C)CC(C)(CNC(=S)Oc2cc3ccccc3[nH]2)C1. The Labute approximate surface area is 263 Å². The van der Waals surface area contributed by atoms with Crippen LogP contribution >= 0.6 is 24.4 Å². The molecule has 3 aromatic rings. The molecule has 0 amide bonds. The third kappa shape index (κ3) is 9.98. The maximum absolute atomic E-state index is 6.24. The van der Waals surface area contributed by atoms with Gasteiger partial charge in [0.2, 0.25) is 5.88 Å². The Morgan fingerprint density at radius 2 is 1.60 bits per heavy atom. The van der Waals surface area contributed by atoms with Gasteiger partial charge in [-0.15, -0.1) is 0 Å². The van der Waals surface area contributed by atoms with Crippen molar-refractivity contribution in [2.24, 2.45) is 10.8 Å². The molecule has 3 N–H and O–H groups in total. The summed E-state index contributed by atoms with van der Waals surface area (Å²) in [7, 11) is 0. The third-order valence-electron chi connectivity index (χ3n) is 8.36. The second-order valence-electron chi connectivity index (χ2n) is 13.2. The molecule has 42 heavy (non-hydrogen) atoms. The van der Waals surface area contributed by atoms with Crippen LogP contribution in [0.25, 0.3) is 10.9 Å². The van der Waals surface area contributed by atoms with Crippen molar-refractivity contribution in [2.45, 2.75) is 104 Å². The van der Waals surface area contributed by atoms with E-state index in [2.05, 4.69) is 61.5 Å². The van der Waals surface area contributed by atoms with Crippen LogP contribution in [0.2, 0.25) is 0 Å². The summed E-state index contributed by atoms with van der Waals surface area (Å²) in [6.45, 7) is 9.98. The molecule has 228 valence electrons. The summed E-state index contributed by atoms with van der Waals surface area (Å²) < 4.78 is 12.2. The van der Waals surface area contributed by atoms with E-state index in [4.69, 9.17) is 33.9 Å². The fourth-order valence-electron chi connectivity index (χ4n) is 6.77. The number of thiocarbonyl (C=S) groups is 2. The number of benzene rings is 2. The lowest BCUT2D eigenvalue weighted by molar-refractivity contribution is 0.0786. The van der Waals surface area contributed by atoms with Gasteiger partial charge in [0.15, 0.2) is 0 Å². The standard InChI is InChI=1S/C35H49N3O2S2/c1-5-6-7-8-9-10-11-16-26-17-13-15-20-30(26)39-33(42)37-28-22-34(2,3)24-35(4,23-28)25-36-32(41)40-31-21-27-18-12-14-19-29(27)38-31/h12-15,17-21,28,38H,5-11,16,22-25H2,1-4H3,(H,36,41)(H,37,42). The van der Waals surface area contributed by atoms with Gasteiger partial charge in [0.25, 0.3) is 10.3 Å². The minimum Gasteiger partial charge on any atom is -0.432 e. The molecule has 1 aromatic heterocycles. The number of rotatable bonds is 13. The van der Waals surface area contributed by atoms with Crippen molar-refractivity contribution in [1.29, 1.82) is 0 Å². The van der Waals surface area contributed by atoms with Gasteiger partial charge in [0.05, 0.1) is 0 Å². The highest BCUT2D eigenvalue weighted by Crippen LogP contribution is 2.45. The molecule has 0 spiro atoms. The first-order valence-corrected chi connectivity index (χ1v) is 16.6. The van der Waals surface area contributed by atoms with Gasteiger partial charge in [-0.25, -0.2) is 0 Å². The lowest BCUT2D eigenvalue weighted by atomic mass is 9.62. The van der Waals surface area contributed by atoms with Gasteiger partial charge < -0.3 is 25.1 Å². The largest absolute Gasteiger partial charge is 0.432 e. The maximum atomic E-state index is 6.24. The number of hydrogen-bond donors (Lipinski definition) is 3. The van der Waals surface area contributed by atoms with E-state index in [1.54, 1.807) is 0 Å². The fraction of sp³-hybridized carbons (Fsp3) is 0.543. The highest BCUT2D eigenvalue weighted by atomic mass is 32.1. The molecule has 1 aliphatic rings. The minimum atomic E-state index is 0.0118. The molecular formula is C35H49N3O2S2. The highest BCUT2D eigenvalue weighted by molar-refractivity contribution is 7.80. The van der Waals surface area contributed by atoms with E-state index in [1.165, 1.54) is 50.5 Å². The predicted molar refractivity (Wildman–Crippen MR) is 184 cm³/mol. The van der Waals surface area contributed by atoms with Gasteiger partial charge >= 0.3 is 0 Å². The van der Waals surface area contributed by atoms with Gasteiger partial charge in [0, 0.05) is 29.6 Å². The summed E-state index contributed by atoms with van der Waals surface area (Å²) in [5.41, 5.74) is 2.43. The zero-order chi connectivity index (χ0) is 30.0. The molecule has 0 bridgehead atoms. The number of para-hydroxylation sites is 2. The van der Waals surface area contributed by atoms with Crippen LogP contribution in [0.4, 0.5) is 0 Å². The molecule has 7 heteroatoms. The molecule has 1 fully saturated rings. The van der Waals surface area contributed by atoms with Gasteiger partial charge in [-0.1, -0.05) is 103 Å². The van der Waals surface area contributed by atoms with Crippen LogP contribution < -0.4 is 20.1 Å². The van der Waals surface area contributed by atoms with E-state index in [-0.39, 0.29) is 16.9 Å². The Hall–Kier alpha value is -2.64. The topological polar surface area (TPSA) is 58.3 Å². The lowest BCUT2D eigenvalue weighted by Gasteiger charge is -2.47. The van der Waals surface area contributed by atoms with Crippen LogP contribution in [0.15, 0.2) is 54.6 Å². The van der Waals surface area contributed by atoms with Crippen LogP contribution in [-0.2, 0) is 6.42 Å². The molecule has 2 unspecified atom stereocenters. The van der Waals surface area contributed by atoms with Gasteiger partial charge in [-0.2, -0.15) is 0 Å².